The third kappa shape index (κ3) is 3.68. The van der Waals surface area contributed by atoms with Gasteiger partial charge in [-0.3, -0.25) is 4.79 Å². The van der Waals surface area contributed by atoms with Crippen molar-refractivity contribution < 1.29 is 4.79 Å². The lowest BCUT2D eigenvalue weighted by molar-refractivity contribution is -0.130. The van der Waals surface area contributed by atoms with Crippen LogP contribution < -0.4 is 0 Å². The zero-order valence-corrected chi connectivity index (χ0v) is 12.1. The van der Waals surface area contributed by atoms with Gasteiger partial charge in [0, 0.05) is 11.9 Å². The molecule has 0 aliphatic rings. The lowest BCUT2D eigenvalue weighted by atomic mass is 10.1. The van der Waals surface area contributed by atoms with Crippen molar-refractivity contribution in [2.75, 3.05) is 7.05 Å². The summed E-state index contributed by atoms with van der Waals surface area (Å²) in [5.41, 5.74) is 0. The Kier molecular flexibility index (Phi) is 5.15. The lowest BCUT2D eigenvalue weighted by Gasteiger charge is -2.22. The van der Waals surface area contributed by atoms with Crippen LogP contribution in [0.25, 0.3) is 0 Å². The summed E-state index contributed by atoms with van der Waals surface area (Å²) in [6, 6.07) is 3.79. The minimum atomic E-state index is -0.236. The number of thiophene rings is 1. The van der Waals surface area contributed by atoms with Crippen LogP contribution in [-0.4, -0.2) is 23.1 Å². The number of hydrogen-bond acceptors (Lipinski definition) is 3. The number of carbonyl (C=O) groups excluding carboxylic acids is 1. The van der Waals surface area contributed by atoms with Crippen molar-refractivity contribution in [3.05, 3.63) is 21.3 Å². The van der Waals surface area contributed by atoms with Crippen molar-refractivity contribution in [2.45, 2.75) is 25.6 Å². The summed E-state index contributed by atoms with van der Waals surface area (Å²) >= 11 is 11.7. The van der Waals surface area contributed by atoms with Crippen molar-refractivity contribution in [2.24, 2.45) is 5.92 Å². The van der Waals surface area contributed by atoms with E-state index >= 15 is 0 Å². The van der Waals surface area contributed by atoms with E-state index in [0.717, 1.165) is 9.21 Å². The Bertz CT molecular complexity index is 365. The van der Waals surface area contributed by atoms with Crippen molar-refractivity contribution >= 4 is 41.5 Å². The Balaban J connectivity index is 2.58. The van der Waals surface area contributed by atoms with Gasteiger partial charge in [-0.2, -0.15) is 12.6 Å². The normalized spacial score (nSPS) is 12.9. The Hall–Kier alpha value is -0.190. The molecule has 0 radical (unpaired) electrons. The molecule has 1 aromatic heterocycles. The molecule has 0 aromatic carbocycles. The first-order valence-corrected chi connectivity index (χ1v) is 6.80. The van der Waals surface area contributed by atoms with E-state index in [0.29, 0.717) is 6.54 Å². The van der Waals surface area contributed by atoms with Crippen molar-refractivity contribution in [1.82, 2.24) is 4.90 Å². The molecule has 1 rings (SSSR count). The molecule has 0 saturated carbocycles. The highest BCUT2D eigenvalue weighted by atomic mass is 35.5. The maximum absolute atomic E-state index is 11.9. The van der Waals surface area contributed by atoms with E-state index in [1.54, 1.807) is 11.9 Å². The monoisotopic (exact) mass is 277 g/mol. The molecular weight excluding hydrogens is 262 g/mol. The average Bonchev–Trinajstić information content (AvgIpc) is 2.61. The Morgan fingerprint density at radius 1 is 1.56 bits per heavy atom. The van der Waals surface area contributed by atoms with Gasteiger partial charge in [-0.1, -0.05) is 25.4 Å². The van der Waals surface area contributed by atoms with E-state index in [4.69, 9.17) is 11.6 Å². The molecule has 1 aromatic rings. The molecule has 1 atom stereocenters. The lowest BCUT2D eigenvalue weighted by Crippen LogP contribution is -2.35. The first-order valence-electron chi connectivity index (χ1n) is 5.09. The summed E-state index contributed by atoms with van der Waals surface area (Å²) in [4.78, 5) is 14.7. The van der Waals surface area contributed by atoms with Gasteiger partial charge in [0.1, 0.15) is 0 Å². The highest BCUT2D eigenvalue weighted by Gasteiger charge is 2.21. The molecule has 0 aliphatic carbocycles. The average molecular weight is 278 g/mol. The van der Waals surface area contributed by atoms with Crippen molar-refractivity contribution in [3.8, 4) is 0 Å². The van der Waals surface area contributed by atoms with Gasteiger partial charge in [-0.05, 0) is 18.1 Å². The third-order valence-corrected chi connectivity index (χ3v) is 4.32. The van der Waals surface area contributed by atoms with E-state index in [2.05, 4.69) is 12.6 Å². The molecule has 1 amide bonds. The number of hydrogen-bond donors (Lipinski definition) is 1. The molecule has 1 unspecified atom stereocenters. The fraction of sp³-hybridized carbons (Fsp3) is 0.545. The second kappa shape index (κ2) is 5.94. The fourth-order valence-electron chi connectivity index (χ4n) is 1.26. The number of halogens is 1. The van der Waals surface area contributed by atoms with Gasteiger partial charge in [-0.15, -0.1) is 11.3 Å². The summed E-state index contributed by atoms with van der Waals surface area (Å²) in [7, 11) is 1.79. The van der Waals surface area contributed by atoms with Crippen LogP contribution in [0.1, 0.15) is 18.7 Å². The smallest absolute Gasteiger partial charge is 0.235 e. The van der Waals surface area contributed by atoms with Crippen LogP contribution in [0.4, 0.5) is 0 Å². The second-order valence-electron chi connectivity index (χ2n) is 4.09. The zero-order valence-electron chi connectivity index (χ0n) is 9.61. The number of amides is 1. The predicted octanol–water partition coefficient (Wildman–Crippen LogP) is 3.31. The zero-order chi connectivity index (χ0) is 12.3. The van der Waals surface area contributed by atoms with E-state index < -0.39 is 0 Å². The summed E-state index contributed by atoms with van der Waals surface area (Å²) < 4.78 is 0.752. The summed E-state index contributed by atoms with van der Waals surface area (Å²) in [6.07, 6.45) is 0. The van der Waals surface area contributed by atoms with E-state index in [1.807, 2.05) is 26.0 Å². The predicted molar refractivity (Wildman–Crippen MR) is 73.4 cm³/mol. The Morgan fingerprint density at radius 2 is 2.19 bits per heavy atom. The van der Waals surface area contributed by atoms with Crippen molar-refractivity contribution in [1.29, 1.82) is 0 Å². The SMILES string of the molecule is CC(C)C(S)C(=O)N(C)Cc1ccc(Cl)s1. The van der Waals surface area contributed by atoms with Crippen molar-refractivity contribution in [3.63, 3.8) is 0 Å². The third-order valence-electron chi connectivity index (χ3n) is 2.28. The van der Waals surface area contributed by atoms with Crippen LogP contribution in [-0.2, 0) is 11.3 Å². The highest BCUT2D eigenvalue weighted by Crippen LogP contribution is 2.23. The molecule has 0 fully saturated rings. The standard InChI is InChI=1S/C11H16ClNOS2/c1-7(2)10(15)11(14)13(3)6-8-4-5-9(12)16-8/h4-5,7,10,15H,6H2,1-3H3. The summed E-state index contributed by atoms with van der Waals surface area (Å²) in [6.45, 7) is 4.58. The Morgan fingerprint density at radius 3 is 2.62 bits per heavy atom. The van der Waals surface area contributed by atoms with E-state index in [9.17, 15) is 4.79 Å². The number of thiol groups is 1. The van der Waals surface area contributed by atoms with Crippen LogP contribution in [0.15, 0.2) is 12.1 Å². The van der Waals surface area contributed by atoms with Crippen LogP contribution in [0.5, 0.6) is 0 Å². The number of rotatable bonds is 4. The van der Waals surface area contributed by atoms with Gasteiger partial charge in [-0.25, -0.2) is 0 Å². The molecule has 16 heavy (non-hydrogen) atoms. The molecule has 0 aliphatic heterocycles. The fourth-order valence-corrected chi connectivity index (χ4v) is 2.60. The maximum atomic E-state index is 11.9. The molecule has 0 N–H and O–H groups in total. The van der Waals surface area contributed by atoms with Gasteiger partial charge in [0.2, 0.25) is 5.91 Å². The molecule has 0 saturated heterocycles. The molecule has 0 spiro atoms. The minimum absolute atomic E-state index is 0.0582. The van der Waals surface area contributed by atoms with E-state index in [-0.39, 0.29) is 17.1 Å². The first kappa shape index (κ1) is 13.9. The summed E-state index contributed by atoms with van der Waals surface area (Å²) in [5, 5.41) is -0.236. The van der Waals surface area contributed by atoms with Gasteiger partial charge in [0.15, 0.2) is 0 Å². The van der Waals surface area contributed by atoms with Gasteiger partial charge < -0.3 is 4.90 Å². The number of carbonyl (C=O) groups is 1. The molecular formula is C11H16ClNOS2. The first-order chi connectivity index (χ1) is 7.41. The van der Waals surface area contributed by atoms with Gasteiger partial charge >= 0.3 is 0 Å². The molecule has 2 nitrogen and oxygen atoms in total. The van der Waals surface area contributed by atoms with Crippen LogP contribution in [0, 0.1) is 5.92 Å². The summed E-state index contributed by atoms with van der Waals surface area (Å²) in [5.74, 6) is 0.299. The highest BCUT2D eigenvalue weighted by molar-refractivity contribution is 7.81. The van der Waals surface area contributed by atoms with Crippen LogP contribution >= 0.6 is 35.6 Å². The van der Waals surface area contributed by atoms with E-state index in [1.165, 1.54) is 11.3 Å². The topological polar surface area (TPSA) is 20.3 Å². The molecule has 0 bridgehead atoms. The van der Waals surface area contributed by atoms with Crippen LogP contribution in [0.2, 0.25) is 4.34 Å². The van der Waals surface area contributed by atoms with Crippen LogP contribution in [0.3, 0.4) is 0 Å². The minimum Gasteiger partial charge on any atom is -0.340 e. The molecule has 5 heteroatoms. The van der Waals surface area contributed by atoms with Gasteiger partial charge in [0.25, 0.3) is 0 Å². The molecule has 90 valence electrons. The quantitative estimate of drug-likeness (QED) is 0.837. The van der Waals surface area contributed by atoms with Gasteiger partial charge in [0.05, 0.1) is 16.1 Å². The largest absolute Gasteiger partial charge is 0.340 e. The number of nitrogens with zero attached hydrogens (tertiary/aromatic N) is 1. The molecule has 1 heterocycles. The maximum Gasteiger partial charge on any atom is 0.235 e. The second-order valence-corrected chi connectivity index (χ2v) is 6.44. The Labute approximate surface area is 111 Å².